The van der Waals surface area contributed by atoms with Crippen LogP contribution in [0.5, 0.6) is 0 Å². The van der Waals surface area contributed by atoms with Crippen LogP contribution in [0, 0.1) is 19.8 Å². The van der Waals surface area contributed by atoms with Gasteiger partial charge in [-0.2, -0.15) is 0 Å². The SMILES string of the molecule is Cc1ccc(C(N)CN(CC(C)C)C(C)C)c(C)c1. The number of nitrogens with zero attached hydrogens (tertiary/aromatic N) is 1. The van der Waals surface area contributed by atoms with Crippen LogP contribution in [0.1, 0.15) is 50.4 Å². The van der Waals surface area contributed by atoms with Crippen LogP contribution in [-0.4, -0.2) is 24.0 Å². The van der Waals surface area contributed by atoms with Crippen molar-refractivity contribution >= 4 is 0 Å². The lowest BCUT2D eigenvalue weighted by atomic mass is 9.99. The summed E-state index contributed by atoms with van der Waals surface area (Å²) >= 11 is 0. The van der Waals surface area contributed by atoms with Crippen molar-refractivity contribution in [2.45, 2.75) is 53.6 Å². The van der Waals surface area contributed by atoms with E-state index in [4.69, 9.17) is 5.73 Å². The minimum atomic E-state index is 0.0988. The van der Waals surface area contributed by atoms with Gasteiger partial charge >= 0.3 is 0 Å². The Hall–Kier alpha value is -0.860. The fraction of sp³-hybridized carbons (Fsp3) is 0.647. The molecule has 1 unspecified atom stereocenters. The van der Waals surface area contributed by atoms with Crippen LogP contribution in [0.3, 0.4) is 0 Å². The first-order valence-corrected chi connectivity index (χ1v) is 7.38. The maximum Gasteiger partial charge on any atom is 0.0427 e. The number of nitrogens with two attached hydrogens (primary N) is 1. The standard InChI is InChI=1S/C17H30N2/c1-12(2)10-19(13(3)4)11-17(18)16-8-7-14(5)9-15(16)6/h7-9,12-13,17H,10-11,18H2,1-6H3. The van der Waals surface area contributed by atoms with Crippen molar-refractivity contribution in [3.63, 3.8) is 0 Å². The van der Waals surface area contributed by atoms with E-state index >= 15 is 0 Å². The van der Waals surface area contributed by atoms with Crippen LogP contribution >= 0.6 is 0 Å². The van der Waals surface area contributed by atoms with Gasteiger partial charge in [0.2, 0.25) is 0 Å². The van der Waals surface area contributed by atoms with Gasteiger partial charge in [0.1, 0.15) is 0 Å². The molecule has 1 atom stereocenters. The van der Waals surface area contributed by atoms with Crippen molar-refractivity contribution in [1.29, 1.82) is 0 Å². The monoisotopic (exact) mass is 262 g/mol. The van der Waals surface area contributed by atoms with Gasteiger partial charge < -0.3 is 5.73 Å². The molecule has 0 aliphatic rings. The van der Waals surface area contributed by atoms with E-state index in [-0.39, 0.29) is 6.04 Å². The van der Waals surface area contributed by atoms with Crippen LogP contribution in [-0.2, 0) is 0 Å². The molecule has 2 N–H and O–H groups in total. The summed E-state index contributed by atoms with van der Waals surface area (Å²) in [6.45, 7) is 15.3. The smallest absolute Gasteiger partial charge is 0.0427 e. The van der Waals surface area contributed by atoms with Gasteiger partial charge in [-0.25, -0.2) is 0 Å². The molecule has 108 valence electrons. The summed E-state index contributed by atoms with van der Waals surface area (Å²) in [4.78, 5) is 2.48. The first-order valence-electron chi connectivity index (χ1n) is 7.38. The third-order valence-electron chi connectivity index (χ3n) is 3.59. The van der Waals surface area contributed by atoms with Gasteiger partial charge in [-0.3, -0.25) is 4.90 Å². The normalized spacial score (nSPS) is 13.6. The van der Waals surface area contributed by atoms with Gasteiger partial charge in [-0.15, -0.1) is 0 Å². The van der Waals surface area contributed by atoms with Crippen LogP contribution in [0.25, 0.3) is 0 Å². The number of hydrogen-bond donors (Lipinski definition) is 1. The van der Waals surface area contributed by atoms with E-state index in [0.717, 1.165) is 13.1 Å². The lowest BCUT2D eigenvalue weighted by molar-refractivity contribution is 0.186. The van der Waals surface area contributed by atoms with E-state index in [1.807, 2.05) is 0 Å². The second-order valence-corrected chi connectivity index (χ2v) is 6.41. The summed E-state index contributed by atoms with van der Waals surface area (Å²) in [6.07, 6.45) is 0. The van der Waals surface area contributed by atoms with Crippen molar-refractivity contribution in [1.82, 2.24) is 4.90 Å². The van der Waals surface area contributed by atoms with Gasteiger partial charge in [0.15, 0.2) is 0 Å². The molecule has 19 heavy (non-hydrogen) atoms. The highest BCUT2D eigenvalue weighted by molar-refractivity contribution is 5.32. The van der Waals surface area contributed by atoms with Gasteiger partial charge in [0.05, 0.1) is 0 Å². The van der Waals surface area contributed by atoms with Crippen molar-refractivity contribution in [3.05, 3.63) is 34.9 Å². The third kappa shape index (κ3) is 4.96. The third-order valence-corrected chi connectivity index (χ3v) is 3.59. The lowest BCUT2D eigenvalue weighted by Crippen LogP contribution is -2.39. The average Bonchev–Trinajstić information content (AvgIpc) is 2.26. The minimum Gasteiger partial charge on any atom is -0.323 e. The quantitative estimate of drug-likeness (QED) is 0.847. The number of rotatable bonds is 6. The van der Waals surface area contributed by atoms with Crippen LogP contribution in [0.2, 0.25) is 0 Å². The molecule has 1 aromatic carbocycles. The average molecular weight is 262 g/mol. The van der Waals surface area contributed by atoms with E-state index in [1.54, 1.807) is 0 Å². The molecule has 0 radical (unpaired) electrons. The van der Waals surface area contributed by atoms with Crippen LogP contribution in [0.15, 0.2) is 18.2 Å². The fourth-order valence-electron chi connectivity index (χ4n) is 2.56. The summed E-state index contributed by atoms with van der Waals surface area (Å²) in [5, 5.41) is 0. The Morgan fingerprint density at radius 2 is 1.68 bits per heavy atom. The van der Waals surface area contributed by atoms with Gasteiger partial charge in [0, 0.05) is 25.2 Å². The number of aryl methyl sites for hydroxylation is 2. The first-order chi connectivity index (χ1) is 8.81. The molecule has 0 aliphatic heterocycles. The number of hydrogen-bond acceptors (Lipinski definition) is 2. The van der Waals surface area contributed by atoms with E-state index in [1.165, 1.54) is 16.7 Å². The second-order valence-electron chi connectivity index (χ2n) is 6.41. The molecule has 0 saturated heterocycles. The Kier molecular flexibility index (Phi) is 6.02. The second kappa shape index (κ2) is 7.06. The summed E-state index contributed by atoms with van der Waals surface area (Å²) in [6, 6.07) is 7.20. The van der Waals surface area contributed by atoms with Crippen molar-refractivity contribution < 1.29 is 0 Å². The zero-order valence-electron chi connectivity index (χ0n) is 13.4. The van der Waals surface area contributed by atoms with E-state index in [0.29, 0.717) is 12.0 Å². The highest BCUT2D eigenvalue weighted by atomic mass is 15.2. The molecule has 1 rings (SSSR count). The predicted octanol–water partition coefficient (Wildman–Crippen LogP) is 3.67. The summed E-state index contributed by atoms with van der Waals surface area (Å²) in [5.74, 6) is 0.675. The Bertz CT molecular complexity index is 396. The molecule has 0 saturated carbocycles. The zero-order valence-corrected chi connectivity index (χ0v) is 13.4. The van der Waals surface area contributed by atoms with Crippen LogP contribution < -0.4 is 5.73 Å². The Balaban J connectivity index is 2.78. The molecule has 0 aromatic heterocycles. The molecule has 0 bridgehead atoms. The Labute approximate surface area is 119 Å². The number of benzene rings is 1. The first kappa shape index (κ1) is 16.2. The molecule has 2 heteroatoms. The van der Waals surface area contributed by atoms with Gasteiger partial charge in [-0.1, -0.05) is 37.6 Å². The molecule has 0 aliphatic carbocycles. The molecular formula is C17H30N2. The van der Waals surface area contributed by atoms with E-state index < -0.39 is 0 Å². The Morgan fingerprint density at radius 3 is 2.16 bits per heavy atom. The van der Waals surface area contributed by atoms with Gasteiger partial charge in [-0.05, 0) is 44.7 Å². The highest BCUT2D eigenvalue weighted by Gasteiger charge is 2.17. The molecule has 0 amide bonds. The maximum absolute atomic E-state index is 6.42. The Morgan fingerprint density at radius 1 is 1.05 bits per heavy atom. The van der Waals surface area contributed by atoms with Crippen molar-refractivity contribution in [2.24, 2.45) is 11.7 Å². The fourth-order valence-corrected chi connectivity index (χ4v) is 2.56. The summed E-state index contributed by atoms with van der Waals surface area (Å²) in [5.41, 5.74) is 10.3. The maximum atomic E-state index is 6.42. The molecule has 1 aromatic rings. The summed E-state index contributed by atoms with van der Waals surface area (Å²) in [7, 11) is 0. The van der Waals surface area contributed by atoms with Crippen LogP contribution in [0.4, 0.5) is 0 Å². The molecule has 0 spiro atoms. The van der Waals surface area contributed by atoms with Crippen molar-refractivity contribution in [3.8, 4) is 0 Å². The molecular weight excluding hydrogens is 232 g/mol. The topological polar surface area (TPSA) is 29.3 Å². The van der Waals surface area contributed by atoms with Gasteiger partial charge in [0.25, 0.3) is 0 Å². The summed E-state index contributed by atoms with van der Waals surface area (Å²) < 4.78 is 0. The molecule has 0 heterocycles. The molecule has 2 nitrogen and oxygen atoms in total. The molecule has 0 fully saturated rings. The highest BCUT2D eigenvalue weighted by Crippen LogP contribution is 2.19. The van der Waals surface area contributed by atoms with Crippen molar-refractivity contribution in [2.75, 3.05) is 13.1 Å². The zero-order chi connectivity index (χ0) is 14.6. The minimum absolute atomic E-state index is 0.0988. The largest absolute Gasteiger partial charge is 0.323 e. The lowest BCUT2D eigenvalue weighted by Gasteiger charge is -2.31. The predicted molar refractivity (Wildman–Crippen MR) is 84.4 cm³/mol. The van der Waals surface area contributed by atoms with E-state index in [2.05, 4.69) is 64.6 Å². The van der Waals surface area contributed by atoms with E-state index in [9.17, 15) is 0 Å².